The first-order valence-electron chi connectivity index (χ1n) is 9.62. The number of anilines is 1. The second-order valence-electron chi connectivity index (χ2n) is 6.88. The number of halogens is 2. The highest BCUT2D eigenvalue weighted by atomic mass is 35.5. The van der Waals surface area contributed by atoms with Crippen LogP contribution < -0.4 is 10.1 Å². The van der Waals surface area contributed by atoms with Crippen molar-refractivity contribution >= 4 is 34.8 Å². The first kappa shape index (κ1) is 21.0. The zero-order valence-corrected chi connectivity index (χ0v) is 18.2. The van der Waals surface area contributed by atoms with Crippen molar-refractivity contribution in [3.05, 3.63) is 106 Å². The number of aromatic nitrogens is 2. The average molecular weight is 452 g/mol. The SMILES string of the molecule is Cc1nn(Cc2ccccc2)c(Cl)c1C(=O)Nc1ccccc1Oc1ccccc1Cl. The molecule has 0 spiro atoms. The lowest BCUT2D eigenvalue weighted by Gasteiger charge is -2.13. The molecular formula is C24H19Cl2N3O2. The van der Waals surface area contributed by atoms with Gasteiger partial charge in [0.1, 0.15) is 10.9 Å². The van der Waals surface area contributed by atoms with E-state index in [1.165, 1.54) is 0 Å². The van der Waals surface area contributed by atoms with E-state index in [0.717, 1.165) is 5.56 Å². The van der Waals surface area contributed by atoms with Crippen LogP contribution in [0.25, 0.3) is 0 Å². The van der Waals surface area contributed by atoms with Gasteiger partial charge in [0.15, 0.2) is 5.75 Å². The standard InChI is InChI=1S/C24H19Cl2N3O2/c1-16-22(23(26)29(28-16)15-17-9-3-2-4-10-17)24(30)27-19-12-6-8-14-21(19)31-20-13-7-5-11-18(20)25/h2-14H,15H2,1H3,(H,27,30). The average Bonchev–Trinajstić information content (AvgIpc) is 3.04. The lowest BCUT2D eigenvalue weighted by atomic mass is 10.2. The molecule has 7 heteroatoms. The Morgan fingerprint density at radius 2 is 1.58 bits per heavy atom. The summed E-state index contributed by atoms with van der Waals surface area (Å²) >= 11 is 12.7. The van der Waals surface area contributed by atoms with Crippen molar-refractivity contribution in [3.63, 3.8) is 0 Å². The summed E-state index contributed by atoms with van der Waals surface area (Å²) in [5, 5.41) is 8.08. The highest BCUT2D eigenvalue weighted by Crippen LogP contribution is 2.34. The number of nitrogens with one attached hydrogen (secondary N) is 1. The summed E-state index contributed by atoms with van der Waals surface area (Å²) in [5.74, 6) is 0.599. The van der Waals surface area contributed by atoms with Gasteiger partial charge in [0.05, 0.1) is 28.5 Å². The molecular weight excluding hydrogens is 433 g/mol. The van der Waals surface area contributed by atoms with Crippen molar-refractivity contribution in [1.29, 1.82) is 0 Å². The Labute approximate surface area is 190 Å². The van der Waals surface area contributed by atoms with E-state index in [2.05, 4.69) is 10.4 Å². The first-order chi connectivity index (χ1) is 15.0. The second-order valence-corrected chi connectivity index (χ2v) is 7.64. The predicted octanol–water partition coefficient (Wildman–Crippen LogP) is 6.59. The summed E-state index contributed by atoms with van der Waals surface area (Å²) in [5.41, 5.74) is 2.41. The van der Waals surface area contributed by atoms with Gasteiger partial charge >= 0.3 is 0 Å². The summed E-state index contributed by atoms with van der Waals surface area (Å²) in [7, 11) is 0. The van der Waals surface area contributed by atoms with Crippen LogP contribution in [0.2, 0.25) is 10.2 Å². The number of carbonyl (C=O) groups excluding carboxylic acids is 1. The molecule has 3 aromatic carbocycles. The minimum atomic E-state index is -0.364. The van der Waals surface area contributed by atoms with Crippen LogP contribution in [0.4, 0.5) is 5.69 Å². The van der Waals surface area contributed by atoms with Crippen molar-refractivity contribution in [3.8, 4) is 11.5 Å². The smallest absolute Gasteiger partial charge is 0.260 e. The maximum Gasteiger partial charge on any atom is 0.260 e. The van der Waals surface area contributed by atoms with Crippen molar-refractivity contribution in [2.75, 3.05) is 5.32 Å². The van der Waals surface area contributed by atoms with Gasteiger partial charge in [0.2, 0.25) is 0 Å². The molecule has 0 unspecified atom stereocenters. The van der Waals surface area contributed by atoms with Gasteiger partial charge in [-0.2, -0.15) is 5.10 Å². The molecule has 1 heterocycles. The van der Waals surface area contributed by atoms with Crippen molar-refractivity contribution in [2.45, 2.75) is 13.5 Å². The van der Waals surface area contributed by atoms with E-state index < -0.39 is 0 Å². The van der Waals surface area contributed by atoms with Crippen LogP contribution >= 0.6 is 23.2 Å². The van der Waals surface area contributed by atoms with Gasteiger partial charge in [-0.05, 0) is 36.8 Å². The number of aryl methyl sites for hydroxylation is 1. The maximum atomic E-state index is 13.1. The van der Waals surface area contributed by atoms with Crippen LogP contribution in [0.15, 0.2) is 78.9 Å². The number of ether oxygens (including phenoxy) is 1. The molecule has 31 heavy (non-hydrogen) atoms. The van der Waals surface area contributed by atoms with E-state index in [4.69, 9.17) is 27.9 Å². The predicted molar refractivity (Wildman–Crippen MR) is 123 cm³/mol. The summed E-state index contributed by atoms with van der Waals surface area (Å²) < 4.78 is 7.54. The number of nitrogens with zero attached hydrogens (tertiary/aromatic N) is 2. The molecule has 0 atom stereocenters. The summed E-state index contributed by atoms with van der Waals surface area (Å²) in [4.78, 5) is 13.1. The van der Waals surface area contributed by atoms with E-state index in [1.54, 1.807) is 35.9 Å². The summed E-state index contributed by atoms with van der Waals surface area (Å²) in [6.07, 6.45) is 0. The normalized spacial score (nSPS) is 10.7. The summed E-state index contributed by atoms with van der Waals surface area (Å²) in [6.45, 7) is 2.23. The summed E-state index contributed by atoms with van der Waals surface area (Å²) in [6, 6.07) is 24.1. The molecule has 0 aliphatic heterocycles. The minimum absolute atomic E-state index is 0.281. The zero-order valence-electron chi connectivity index (χ0n) is 16.7. The minimum Gasteiger partial charge on any atom is -0.454 e. The molecule has 1 N–H and O–H groups in total. The molecule has 0 fully saturated rings. The fourth-order valence-electron chi connectivity index (χ4n) is 3.16. The number of amides is 1. The van der Waals surface area contributed by atoms with E-state index in [0.29, 0.717) is 40.0 Å². The Balaban J connectivity index is 1.57. The third-order valence-corrected chi connectivity index (χ3v) is 5.36. The monoisotopic (exact) mass is 451 g/mol. The van der Waals surface area contributed by atoms with Crippen molar-refractivity contribution in [2.24, 2.45) is 0 Å². The molecule has 1 aromatic heterocycles. The van der Waals surface area contributed by atoms with Gasteiger partial charge in [-0.25, -0.2) is 4.68 Å². The van der Waals surface area contributed by atoms with Crippen LogP contribution in [0.3, 0.4) is 0 Å². The Morgan fingerprint density at radius 1 is 0.935 bits per heavy atom. The van der Waals surface area contributed by atoms with Gasteiger partial charge in [-0.15, -0.1) is 0 Å². The van der Waals surface area contributed by atoms with Gasteiger partial charge < -0.3 is 10.1 Å². The van der Waals surface area contributed by atoms with Crippen LogP contribution in [0, 0.1) is 6.92 Å². The molecule has 0 bridgehead atoms. The molecule has 4 rings (SSSR count). The van der Waals surface area contributed by atoms with Gasteiger partial charge in [0.25, 0.3) is 5.91 Å². The fraction of sp³-hybridized carbons (Fsp3) is 0.0833. The van der Waals surface area contributed by atoms with Crippen molar-refractivity contribution in [1.82, 2.24) is 9.78 Å². The highest BCUT2D eigenvalue weighted by Gasteiger charge is 2.21. The zero-order chi connectivity index (χ0) is 21.8. The van der Waals surface area contributed by atoms with Crippen LogP contribution in [0.5, 0.6) is 11.5 Å². The van der Waals surface area contributed by atoms with E-state index in [1.807, 2.05) is 54.6 Å². The van der Waals surface area contributed by atoms with Gasteiger partial charge in [0, 0.05) is 0 Å². The number of hydrogen-bond donors (Lipinski definition) is 1. The van der Waals surface area contributed by atoms with Gasteiger partial charge in [-0.1, -0.05) is 77.8 Å². The number of hydrogen-bond acceptors (Lipinski definition) is 3. The molecule has 0 radical (unpaired) electrons. The molecule has 0 aliphatic carbocycles. The van der Waals surface area contributed by atoms with Crippen LogP contribution in [-0.4, -0.2) is 15.7 Å². The largest absolute Gasteiger partial charge is 0.454 e. The van der Waals surface area contributed by atoms with Crippen molar-refractivity contribution < 1.29 is 9.53 Å². The Bertz CT molecular complexity index is 1220. The lowest BCUT2D eigenvalue weighted by molar-refractivity contribution is 0.102. The number of para-hydroxylation sites is 3. The Kier molecular flexibility index (Phi) is 6.26. The third-order valence-electron chi connectivity index (χ3n) is 4.66. The molecule has 0 saturated heterocycles. The fourth-order valence-corrected chi connectivity index (χ4v) is 3.66. The Hall–Kier alpha value is -3.28. The number of benzene rings is 3. The molecule has 4 aromatic rings. The molecule has 1 amide bonds. The second kappa shape index (κ2) is 9.25. The number of rotatable bonds is 6. The third kappa shape index (κ3) is 4.74. The maximum absolute atomic E-state index is 13.1. The molecule has 0 aliphatic rings. The Morgan fingerprint density at radius 3 is 2.32 bits per heavy atom. The first-order valence-corrected chi connectivity index (χ1v) is 10.4. The van der Waals surface area contributed by atoms with Crippen LogP contribution in [0.1, 0.15) is 21.6 Å². The highest BCUT2D eigenvalue weighted by molar-refractivity contribution is 6.33. The molecule has 5 nitrogen and oxygen atoms in total. The van der Waals surface area contributed by atoms with E-state index in [-0.39, 0.29) is 11.1 Å². The topological polar surface area (TPSA) is 56.2 Å². The quantitative estimate of drug-likeness (QED) is 0.359. The van der Waals surface area contributed by atoms with Gasteiger partial charge in [-0.3, -0.25) is 4.79 Å². The van der Waals surface area contributed by atoms with E-state index in [9.17, 15) is 4.79 Å². The number of carbonyl (C=O) groups is 1. The molecule has 156 valence electrons. The van der Waals surface area contributed by atoms with E-state index >= 15 is 0 Å². The van der Waals surface area contributed by atoms with Crippen LogP contribution in [-0.2, 0) is 6.54 Å². The lowest BCUT2D eigenvalue weighted by Crippen LogP contribution is -2.14. The molecule has 0 saturated carbocycles.